The minimum atomic E-state index is -0.792. The van der Waals surface area contributed by atoms with Gasteiger partial charge < -0.3 is 15.4 Å². The fourth-order valence-corrected chi connectivity index (χ4v) is 2.36. The van der Waals surface area contributed by atoms with E-state index in [0.717, 1.165) is 16.5 Å². The SMILES string of the molecule is CC(C(N)=O)n1cc(CCCC(=O)O)c2ccccc21. The summed E-state index contributed by atoms with van der Waals surface area (Å²) in [5.74, 6) is -1.18. The number of aromatic nitrogens is 1. The molecule has 0 aliphatic rings. The van der Waals surface area contributed by atoms with Crippen LogP contribution in [0.4, 0.5) is 0 Å². The highest BCUT2D eigenvalue weighted by molar-refractivity contribution is 5.87. The van der Waals surface area contributed by atoms with Crippen molar-refractivity contribution in [2.24, 2.45) is 5.73 Å². The van der Waals surface area contributed by atoms with Crippen molar-refractivity contribution < 1.29 is 14.7 Å². The molecular weight excluding hydrogens is 256 g/mol. The molecule has 0 spiro atoms. The molecule has 3 N–H and O–H groups in total. The lowest BCUT2D eigenvalue weighted by atomic mass is 10.1. The number of nitrogens with zero attached hydrogens (tertiary/aromatic N) is 1. The van der Waals surface area contributed by atoms with Gasteiger partial charge in [-0.25, -0.2) is 0 Å². The molecule has 0 aliphatic heterocycles. The van der Waals surface area contributed by atoms with E-state index in [9.17, 15) is 9.59 Å². The van der Waals surface area contributed by atoms with E-state index in [1.165, 1.54) is 0 Å². The number of carboxylic acid groups (broad SMARTS) is 1. The van der Waals surface area contributed by atoms with Crippen LogP contribution in [0.5, 0.6) is 0 Å². The minimum absolute atomic E-state index is 0.144. The van der Waals surface area contributed by atoms with Gasteiger partial charge in [-0.3, -0.25) is 9.59 Å². The van der Waals surface area contributed by atoms with Crippen molar-refractivity contribution in [3.05, 3.63) is 36.0 Å². The van der Waals surface area contributed by atoms with Gasteiger partial charge in [0.15, 0.2) is 0 Å². The van der Waals surface area contributed by atoms with Gasteiger partial charge in [0.2, 0.25) is 5.91 Å². The topological polar surface area (TPSA) is 85.3 Å². The lowest BCUT2D eigenvalue weighted by molar-refractivity contribution is -0.137. The normalized spacial score (nSPS) is 12.4. The van der Waals surface area contributed by atoms with Crippen molar-refractivity contribution >= 4 is 22.8 Å². The Hall–Kier alpha value is -2.30. The van der Waals surface area contributed by atoms with Crippen LogP contribution in [0.25, 0.3) is 10.9 Å². The van der Waals surface area contributed by atoms with Crippen LogP contribution in [-0.2, 0) is 16.0 Å². The Morgan fingerprint density at radius 3 is 2.70 bits per heavy atom. The van der Waals surface area contributed by atoms with Gasteiger partial charge in [0.05, 0.1) is 0 Å². The lowest BCUT2D eigenvalue weighted by Crippen LogP contribution is -2.23. The number of primary amides is 1. The summed E-state index contributed by atoms with van der Waals surface area (Å²) < 4.78 is 1.85. The summed E-state index contributed by atoms with van der Waals surface area (Å²) in [5.41, 5.74) is 7.37. The quantitative estimate of drug-likeness (QED) is 0.845. The van der Waals surface area contributed by atoms with E-state index in [1.807, 2.05) is 35.0 Å². The van der Waals surface area contributed by atoms with Gasteiger partial charge in [0.25, 0.3) is 0 Å². The van der Waals surface area contributed by atoms with E-state index >= 15 is 0 Å². The highest BCUT2D eigenvalue weighted by Gasteiger charge is 2.16. The van der Waals surface area contributed by atoms with E-state index in [2.05, 4.69) is 0 Å². The Bertz CT molecular complexity index is 646. The standard InChI is InChI=1S/C15H18N2O3/c1-10(15(16)20)17-9-11(5-4-8-14(18)19)12-6-2-3-7-13(12)17/h2-3,6-7,9-10H,4-5,8H2,1H3,(H2,16,20)(H,18,19). The molecule has 1 aromatic heterocycles. The number of rotatable bonds is 6. The van der Waals surface area contributed by atoms with Crippen LogP contribution < -0.4 is 5.73 Å². The maximum absolute atomic E-state index is 11.4. The number of benzene rings is 1. The third-order valence-electron chi connectivity index (χ3n) is 3.49. The second-order valence-corrected chi connectivity index (χ2v) is 4.90. The average molecular weight is 274 g/mol. The largest absolute Gasteiger partial charge is 0.481 e. The van der Waals surface area contributed by atoms with Crippen LogP contribution in [-0.4, -0.2) is 21.6 Å². The number of hydrogen-bond acceptors (Lipinski definition) is 2. The molecule has 1 heterocycles. The van der Waals surface area contributed by atoms with Crippen LogP contribution in [0.15, 0.2) is 30.5 Å². The van der Waals surface area contributed by atoms with Crippen LogP contribution >= 0.6 is 0 Å². The van der Waals surface area contributed by atoms with Crippen LogP contribution in [0.2, 0.25) is 0 Å². The molecule has 1 aromatic carbocycles. The summed E-state index contributed by atoms with van der Waals surface area (Å²) in [6.45, 7) is 1.76. The van der Waals surface area contributed by atoms with Gasteiger partial charge in [0.1, 0.15) is 6.04 Å². The fraction of sp³-hybridized carbons (Fsp3) is 0.333. The molecule has 2 aromatic rings. The summed E-state index contributed by atoms with van der Waals surface area (Å²) in [6.07, 6.45) is 3.30. The molecule has 5 nitrogen and oxygen atoms in total. The van der Waals surface area contributed by atoms with Gasteiger partial charge >= 0.3 is 5.97 Å². The molecule has 1 amide bonds. The molecule has 1 atom stereocenters. The Labute approximate surface area is 117 Å². The van der Waals surface area contributed by atoms with Gasteiger partial charge in [-0.1, -0.05) is 18.2 Å². The molecule has 2 rings (SSSR count). The Morgan fingerprint density at radius 1 is 1.35 bits per heavy atom. The average Bonchev–Trinajstić information content (AvgIpc) is 2.77. The molecular formula is C15H18N2O3. The van der Waals surface area contributed by atoms with E-state index in [0.29, 0.717) is 12.8 Å². The molecule has 0 aliphatic carbocycles. The molecule has 5 heteroatoms. The minimum Gasteiger partial charge on any atom is -0.481 e. The van der Waals surface area contributed by atoms with Gasteiger partial charge in [-0.2, -0.15) is 0 Å². The van der Waals surface area contributed by atoms with Crippen molar-refractivity contribution in [2.75, 3.05) is 0 Å². The second kappa shape index (κ2) is 5.77. The number of nitrogens with two attached hydrogens (primary N) is 1. The molecule has 106 valence electrons. The summed E-state index contributed by atoms with van der Waals surface area (Å²) in [5, 5.41) is 9.75. The number of amides is 1. The van der Waals surface area contributed by atoms with Crippen molar-refractivity contribution in [1.82, 2.24) is 4.57 Å². The molecule has 0 radical (unpaired) electrons. The van der Waals surface area contributed by atoms with Crippen molar-refractivity contribution in [1.29, 1.82) is 0 Å². The van der Waals surface area contributed by atoms with Gasteiger partial charge in [-0.05, 0) is 31.4 Å². The number of carbonyl (C=O) groups is 2. The van der Waals surface area contributed by atoms with E-state index in [4.69, 9.17) is 10.8 Å². The molecule has 0 saturated carbocycles. The third kappa shape index (κ3) is 2.82. The summed E-state index contributed by atoms with van der Waals surface area (Å²) in [4.78, 5) is 22.0. The number of carboxylic acids is 1. The highest BCUT2D eigenvalue weighted by atomic mass is 16.4. The smallest absolute Gasteiger partial charge is 0.303 e. The maximum atomic E-state index is 11.4. The zero-order valence-electron chi connectivity index (χ0n) is 11.4. The van der Waals surface area contributed by atoms with Crippen LogP contribution in [0.3, 0.4) is 0 Å². The van der Waals surface area contributed by atoms with E-state index < -0.39 is 12.0 Å². The van der Waals surface area contributed by atoms with E-state index in [-0.39, 0.29) is 12.3 Å². The first-order chi connectivity index (χ1) is 9.50. The first-order valence-electron chi connectivity index (χ1n) is 6.60. The van der Waals surface area contributed by atoms with Crippen LogP contribution in [0, 0.1) is 0 Å². The third-order valence-corrected chi connectivity index (χ3v) is 3.49. The summed E-state index contributed by atoms with van der Waals surface area (Å²) >= 11 is 0. The molecule has 0 bridgehead atoms. The first kappa shape index (κ1) is 14.1. The zero-order valence-corrected chi connectivity index (χ0v) is 11.4. The Kier molecular flexibility index (Phi) is 4.08. The van der Waals surface area contributed by atoms with Crippen molar-refractivity contribution in [2.45, 2.75) is 32.2 Å². The Morgan fingerprint density at radius 2 is 2.05 bits per heavy atom. The van der Waals surface area contributed by atoms with Gasteiger partial charge in [0, 0.05) is 23.5 Å². The second-order valence-electron chi connectivity index (χ2n) is 4.90. The van der Waals surface area contributed by atoms with E-state index in [1.54, 1.807) is 6.92 Å². The summed E-state index contributed by atoms with van der Waals surface area (Å²) in [7, 11) is 0. The van der Waals surface area contributed by atoms with Crippen molar-refractivity contribution in [3.63, 3.8) is 0 Å². The number of hydrogen-bond donors (Lipinski definition) is 2. The number of aryl methyl sites for hydroxylation is 1. The number of carbonyl (C=O) groups excluding carboxylic acids is 1. The number of aliphatic carboxylic acids is 1. The predicted octanol–water partition coefficient (Wildman–Crippen LogP) is 2.09. The molecule has 20 heavy (non-hydrogen) atoms. The van der Waals surface area contributed by atoms with Gasteiger partial charge in [-0.15, -0.1) is 0 Å². The number of fused-ring (bicyclic) bond motifs is 1. The number of para-hydroxylation sites is 1. The monoisotopic (exact) mass is 274 g/mol. The highest BCUT2D eigenvalue weighted by Crippen LogP contribution is 2.25. The van der Waals surface area contributed by atoms with Crippen molar-refractivity contribution in [3.8, 4) is 0 Å². The zero-order chi connectivity index (χ0) is 14.7. The molecule has 0 saturated heterocycles. The summed E-state index contributed by atoms with van der Waals surface area (Å²) in [6, 6.07) is 7.34. The molecule has 0 fully saturated rings. The fourth-order valence-electron chi connectivity index (χ4n) is 2.36. The Balaban J connectivity index is 2.35. The predicted molar refractivity (Wildman–Crippen MR) is 76.4 cm³/mol. The first-order valence-corrected chi connectivity index (χ1v) is 6.60. The van der Waals surface area contributed by atoms with Crippen LogP contribution in [0.1, 0.15) is 31.4 Å². The molecule has 1 unspecified atom stereocenters. The lowest BCUT2D eigenvalue weighted by Gasteiger charge is -2.10. The maximum Gasteiger partial charge on any atom is 0.303 e.